The Bertz CT molecular complexity index is 1400. The van der Waals surface area contributed by atoms with Crippen LogP contribution in [-0.2, 0) is 0 Å². The quantitative estimate of drug-likeness (QED) is 0.227. The van der Waals surface area contributed by atoms with Gasteiger partial charge in [-0.2, -0.15) is 18.3 Å². The molecular formula is C25H27F4N7O2S. The molecule has 208 valence electrons. The number of piperidine rings is 1. The highest BCUT2D eigenvalue weighted by Gasteiger charge is 2.33. The summed E-state index contributed by atoms with van der Waals surface area (Å²) >= 11 is -0.300. The minimum Gasteiger partial charge on any atom is -0.493 e. The molecule has 0 saturated carbocycles. The average molecular weight is 566 g/mol. The van der Waals surface area contributed by atoms with E-state index in [0.29, 0.717) is 30.2 Å². The van der Waals surface area contributed by atoms with E-state index in [4.69, 9.17) is 4.74 Å². The van der Waals surface area contributed by atoms with Crippen LogP contribution in [0.15, 0.2) is 35.4 Å². The van der Waals surface area contributed by atoms with Crippen LogP contribution < -0.4 is 20.7 Å². The van der Waals surface area contributed by atoms with Gasteiger partial charge in [-0.1, -0.05) is 12.0 Å². The molecule has 0 aromatic carbocycles. The highest BCUT2D eigenvalue weighted by molar-refractivity contribution is 8.00. The maximum absolute atomic E-state index is 14.6. The van der Waals surface area contributed by atoms with Crippen molar-refractivity contribution in [3.05, 3.63) is 41.9 Å². The third-order valence-electron chi connectivity index (χ3n) is 6.03. The molecule has 1 amide bonds. The lowest BCUT2D eigenvalue weighted by molar-refractivity contribution is -0.0327. The minimum absolute atomic E-state index is 0.0157. The monoisotopic (exact) mass is 565 g/mol. The first-order chi connectivity index (χ1) is 18.6. The van der Waals surface area contributed by atoms with E-state index in [0.717, 1.165) is 0 Å². The van der Waals surface area contributed by atoms with Gasteiger partial charge in [0.2, 0.25) is 0 Å². The summed E-state index contributed by atoms with van der Waals surface area (Å²) in [5.41, 5.74) is -3.85. The molecule has 3 aromatic rings. The van der Waals surface area contributed by atoms with Gasteiger partial charge in [-0.05, 0) is 49.3 Å². The van der Waals surface area contributed by atoms with Gasteiger partial charge in [0.15, 0.2) is 5.75 Å². The van der Waals surface area contributed by atoms with Crippen molar-refractivity contribution >= 4 is 34.7 Å². The molecule has 0 unspecified atom stereocenters. The molecule has 9 nitrogen and oxygen atoms in total. The second-order valence-corrected chi connectivity index (χ2v) is 9.83. The molecule has 2 atom stereocenters. The second kappa shape index (κ2) is 12.0. The van der Waals surface area contributed by atoms with E-state index in [1.165, 1.54) is 37.0 Å². The van der Waals surface area contributed by atoms with E-state index in [1.54, 1.807) is 12.1 Å². The van der Waals surface area contributed by atoms with Gasteiger partial charge in [-0.3, -0.25) is 4.79 Å². The number of hydrogen-bond donors (Lipinski definition) is 3. The summed E-state index contributed by atoms with van der Waals surface area (Å²) in [6, 6.07) is 5.74. The third kappa shape index (κ3) is 6.85. The van der Waals surface area contributed by atoms with Crippen LogP contribution in [0.1, 0.15) is 22.6 Å². The van der Waals surface area contributed by atoms with Crippen molar-refractivity contribution in [2.24, 2.45) is 0 Å². The largest absolute Gasteiger partial charge is 0.493 e. The number of halogens is 4. The van der Waals surface area contributed by atoms with Crippen molar-refractivity contribution in [1.82, 2.24) is 24.8 Å². The van der Waals surface area contributed by atoms with Crippen LogP contribution >= 0.6 is 11.8 Å². The van der Waals surface area contributed by atoms with Crippen molar-refractivity contribution in [1.29, 1.82) is 0 Å². The van der Waals surface area contributed by atoms with Crippen LogP contribution in [0.3, 0.4) is 0 Å². The molecule has 0 radical (unpaired) electrons. The number of fused-ring (bicyclic) bond motifs is 1. The van der Waals surface area contributed by atoms with Gasteiger partial charge in [0.1, 0.15) is 23.4 Å². The number of hydrogen-bond acceptors (Lipinski definition) is 8. The molecule has 0 bridgehead atoms. The van der Waals surface area contributed by atoms with Crippen LogP contribution in [0.5, 0.6) is 5.75 Å². The Kier molecular flexibility index (Phi) is 8.71. The Morgan fingerprint density at radius 2 is 2.13 bits per heavy atom. The lowest BCUT2D eigenvalue weighted by Crippen LogP contribution is -2.46. The van der Waals surface area contributed by atoms with Crippen molar-refractivity contribution in [3.8, 4) is 17.6 Å². The fraction of sp³-hybridized carbons (Fsp3) is 0.400. The van der Waals surface area contributed by atoms with E-state index in [-0.39, 0.29) is 46.7 Å². The van der Waals surface area contributed by atoms with E-state index < -0.39 is 23.6 Å². The summed E-state index contributed by atoms with van der Waals surface area (Å²) in [6.45, 7) is 0.971. The van der Waals surface area contributed by atoms with Gasteiger partial charge in [-0.25, -0.2) is 13.9 Å². The molecule has 0 aliphatic carbocycles. The average Bonchev–Trinajstić information content (AvgIpc) is 3.24. The highest BCUT2D eigenvalue weighted by Crippen LogP contribution is 2.41. The number of amides is 1. The number of aromatic nitrogens is 3. The molecule has 3 N–H and O–H groups in total. The third-order valence-corrected chi connectivity index (χ3v) is 6.87. The predicted molar refractivity (Wildman–Crippen MR) is 141 cm³/mol. The summed E-state index contributed by atoms with van der Waals surface area (Å²) in [6.07, 6.45) is 0.775. The number of anilines is 2. The Hall–Kier alpha value is -3.70. The Balaban J connectivity index is 1.61. The first-order valence-corrected chi connectivity index (χ1v) is 12.8. The normalized spacial score (nSPS) is 17.8. The van der Waals surface area contributed by atoms with Gasteiger partial charge < -0.3 is 25.6 Å². The zero-order chi connectivity index (χ0) is 28.2. The van der Waals surface area contributed by atoms with Gasteiger partial charge >= 0.3 is 5.51 Å². The molecule has 3 aromatic heterocycles. The summed E-state index contributed by atoms with van der Waals surface area (Å²) in [5.74, 6) is 5.85. The molecule has 1 aliphatic heterocycles. The molecule has 1 fully saturated rings. The topological polar surface area (TPSA) is 95.8 Å². The first kappa shape index (κ1) is 28.3. The number of ether oxygens (including phenoxy) is 1. The fourth-order valence-electron chi connectivity index (χ4n) is 4.13. The van der Waals surface area contributed by atoms with E-state index in [9.17, 15) is 22.4 Å². The summed E-state index contributed by atoms with van der Waals surface area (Å²) in [4.78, 5) is 17.7. The molecule has 4 rings (SSSR count). The lowest BCUT2D eigenvalue weighted by Gasteiger charge is -2.33. The van der Waals surface area contributed by atoms with E-state index >= 15 is 0 Å². The van der Waals surface area contributed by atoms with Crippen molar-refractivity contribution in [2.45, 2.75) is 29.0 Å². The lowest BCUT2D eigenvalue weighted by atomic mass is 10.0. The fourth-order valence-corrected chi connectivity index (χ4v) is 4.81. The van der Waals surface area contributed by atoms with Crippen LogP contribution in [0.25, 0.3) is 5.52 Å². The molecule has 39 heavy (non-hydrogen) atoms. The van der Waals surface area contributed by atoms with Crippen LogP contribution in [0.2, 0.25) is 0 Å². The number of pyridine rings is 2. The van der Waals surface area contributed by atoms with Crippen molar-refractivity contribution in [3.63, 3.8) is 0 Å². The minimum atomic E-state index is -4.57. The molecule has 1 saturated heterocycles. The Morgan fingerprint density at radius 3 is 2.82 bits per heavy atom. The number of thioether (sulfide) groups is 1. The van der Waals surface area contributed by atoms with Gasteiger partial charge in [0.25, 0.3) is 5.91 Å². The number of nitrogens with one attached hydrogen (secondary N) is 3. The number of nitrogens with zero attached hydrogens (tertiary/aromatic N) is 4. The van der Waals surface area contributed by atoms with Crippen molar-refractivity contribution < 1.29 is 27.1 Å². The molecule has 4 heterocycles. The molecular weight excluding hydrogens is 538 g/mol. The summed E-state index contributed by atoms with van der Waals surface area (Å²) in [5, 5.41) is 12.9. The number of carbonyl (C=O) groups excluding carboxylic acids is 1. The van der Waals surface area contributed by atoms with E-state index in [1.807, 2.05) is 11.9 Å². The smallest absolute Gasteiger partial charge is 0.446 e. The maximum atomic E-state index is 14.6. The number of methoxy groups -OCH3 is 1. The number of rotatable bonds is 7. The molecule has 0 spiro atoms. The summed E-state index contributed by atoms with van der Waals surface area (Å²) in [7, 11) is 4.75. The first-order valence-electron chi connectivity index (χ1n) is 11.9. The van der Waals surface area contributed by atoms with Gasteiger partial charge in [0, 0.05) is 20.1 Å². The highest BCUT2D eigenvalue weighted by atomic mass is 32.2. The van der Waals surface area contributed by atoms with Gasteiger partial charge in [0.05, 0.1) is 42.0 Å². The number of alkyl halides is 4. The SMILES string of the molecule is CNC(=O)c1cc(NCC#Cc2nn3c(N[C@@H]4CCN(C)C[C@@H]4F)cccc3c2SC(F)(F)F)c(OC)cn1. The van der Waals surface area contributed by atoms with Crippen LogP contribution in [-0.4, -0.2) is 84.0 Å². The van der Waals surface area contributed by atoms with Crippen molar-refractivity contribution in [2.75, 3.05) is 51.5 Å². The Labute approximate surface area is 226 Å². The zero-order valence-corrected chi connectivity index (χ0v) is 22.2. The Morgan fingerprint density at radius 1 is 1.33 bits per heavy atom. The number of carbonyl (C=O) groups is 1. The number of likely N-dealkylation sites (tertiary alicyclic amines) is 1. The zero-order valence-electron chi connectivity index (χ0n) is 21.4. The van der Waals surface area contributed by atoms with Crippen LogP contribution in [0.4, 0.5) is 29.1 Å². The molecule has 1 aliphatic rings. The maximum Gasteiger partial charge on any atom is 0.446 e. The van der Waals surface area contributed by atoms with E-state index in [2.05, 4.69) is 37.9 Å². The van der Waals surface area contributed by atoms with Gasteiger partial charge in [-0.15, -0.1) is 0 Å². The summed E-state index contributed by atoms with van der Waals surface area (Å²) < 4.78 is 61.6. The second-order valence-electron chi connectivity index (χ2n) is 8.76. The molecule has 14 heteroatoms. The van der Waals surface area contributed by atoms with Crippen LogP contribution in [0, 0.1) is 11.8 Å². The predicted octanol–water partition coefficient (Wildman–Crippen LogP) is 3.63. The standard InChI is InChI=1S/C25H27F4N7O2S/c1-30-24(37)19-12-18(21(38-3)13-32-19)31-10-5-6-17-23(39-25(27,28)29)20-7-4-8-22(36(20)34-17)33-16-9-11-35(2)14-15(16)26/h4,7-8,12-13,15-16,33H,9-11,14H2,1-3H3,(H,30,37)(H,31,32)/t15-,16+/m0/s1.